The molecule has 0 aromatic rings. The highest BCUT2D eigenvalue weighted by Crippen LogP contribution is 2.63. The van der Waals surface area contributed by atoms with E-state index in [0.717, 1.165) is 0 Å². The lowest BCUT2D eigenvalue weighted by Gasteiger charge is -2.44. The third-order valence-corrected chi connectivity index (χ3v) is 27.0. The maximum atomic E-state index is 9.29. The Kier molecular flexibility index (Phi) is 54.1. The molecule has 2 nitrogen and oxygen atoms in total. The van der Waals surface area contributed by atoms with Gasteiger partial charge in [-0.2, -0.15) is 11.8 Å². The Labute approximate surface area is 370 Å². The molecule has 0 aliphatic rings. The van der Waals surface area contributed by atoms with Crippen molar-refractivity contribution in [3.05, 3.63) is 0 Å². The molecular formula is C48H108O2P4S2. The summed E-state index contributed by atoms with van der Waals surface area (Å²) in [4.78, 5) is 18.6. The molecule has 0 unspecified atom stereocenters. The minimum absolute atomic E-state index is 0.562. The van der Waals surface area contributed by atoms with Gasteiger partial charge in [0.05, 0.1) is 73.9 Å². The molecule has 0 amide bonds. The molecule has 0 aliphatic carbocycles. The van der Waals surface area contributed by atoms with Crippen LogP contribution in [-0.2, 0) is 24.1 Å². The molecule has 0 bridgehead atoms. The van der Waals surface area contributed by atoms with Gasteiger partial charge in [-0.3, -0.25) is 0 Å². The summed E-state index contributed by atoms with van der Waals surface area (Å²) in [5.41, 5.74) is -3.72. The highest BCUT2D eigenvalue weighted by molar-refractivity contribution is 8.49. The Morgan fingerprint density at radius 3 is 0.411 bits per heavy atom. The van der Waals surface area contributed by atoms with Crippen LogP contribution in [-0.4, -0.2) is 73.9 Å². The molecule has 8 heteroatoms. The fourth-order valence-electron chi connectivity index (χ4n) is 7.93. The zero-order valence-corrected chi connectivity index (χ0v) is 46.1. The van der Waals surface area contributed by atoms with Crippen molar-refractivity contribution in [1.29, 1.82) is 0 Å². The molecule has 0 heterocycles. The maximum absolute atomic E-state index is 9.29. The minimum Gasteiger partial charge on any atom is -0.850 e. The van der Waals surface area contributed by atoms with Crippen molar-refractivity contribution < 1.29 is 9.79 Å². The van der Waals surface area contributed by atoms with Crippen LogP contribution in [0.2, 0.25) is 0 Å². The lowest BCUT2D eigenvalue weighted by Crippen LogP contribution is -2.12. The average molecular weight is 905 g/mol. The van der Waals surface area contributed by atoms with Gasteiger partial charge in [-0.25, -0.2) is 0 Å². The third-order valence-electron chi connectivity index (χ3n) is 11.8. The molecule has 0 fully saturated rings. The van der Waals surface area contributed by atoms with Gasteiger partial charge in [0.1, 0.15) is 0 Å². The second-order valence-electron chi connectivity index (χ2n) is 17.4. The van der Waals surface area contributed by atoms with E-state index in [9.17, 15) is 9.79 Å². The van der Waals surface area contributed by atoms with Crippen LogP contribution in [0.3, 0.4) is 0 Å². The molecule has 0 N–H and O–H groups in total. The van der Waals surface area contributed by atoms with Crippen molar-refractivity contribution >= 4 is 51.5 Å². The van der Waals surface area contributed by atoms with Gasteiger partial charge in [-0.05, 0) is 77.0 Å². The zero-order chi connectivity index (χ0) is 43.5. The lowest BCUT2D eigenvalue weighted by molar-refractivity contribution is -0.284. The van der Waals surface area contributed by atoms with E-state index in [1.54, 1.807) is 73.9 Å². The van der Waals surface area contributed by atoms with Gasteiger partial charge in [0.15, 0.2) is 0 Å². The van der Waals surface area contributed by atoms with Gasteiger partial charge in [0, 0.05) is 21.8 Å². The van der Waals surface area contributed by atoms with Crippen molar-refractivity contribution in [3.8, 4) is 0 Å². The first-order valence-electron chi connectivity index (χ1n) is 25.0. The normalized spacial score (nSPS) is 12.0. The molecule has 0 rings (SSSR count). The Morgan fingerprint density at radius 1 is 0.286 bits per heavy atom. The summed E-state index contributed by atoms with van der Waals surface area (Å²) in [6, 6.07) is 0. The van der Waals surface area contributed by atoms with Crippen molar-refractivity contribution in [2.24, 2.45) is 0 Å². The van der Waals surface area contributed by atoms with E-state index in [0.29, 0.717) is 0 Å². The van der Waals surface area contributed by atoms with Gasteiger partial charge in [-0.1, -0.05) is 160 Å². The van der Waals surface area contributed by atoms with Crippen LogP contribution >= 0.6 is 27.5 Å². The smallest absolute Gasteiger partial charge is 0.0594 e. The number of rotatable bonds is 36. The molecule has 0 atom stereocenters. The maximum Gasteiger partial charge on any atom is 0.0594 e. The van der Waals surface area contributed by atoms with Gasteiger partial charge in [-0.15, -0.1) is 0 Å². The molecule has 0 aromatic carbocycles. The molecule has 0 aliphatic heterocycles. The first-order valence-corrected chi connectivity index (χ1v) is 36.3. The molecule has 0 aromatic heterocycles. The van der Waals surface area contributed by atoms with E-state index in [1.807, 2.05) is 0 Å². The molecule has 344 valence electrons. The molecule has 0 spiro atoms. The molecule has 0 saturated heterocycles. The minimum atomic E-state index is -3.72. The fourth-order valence-corrected chi connectivity index (χ4v) is 23.8. The quantitative estimate of drug-likeness (QED) is 0.0464. The van der Waals surface area contributed by atoms with Gasteiger partial charge >= 0.3 is 0 Å². The molecule has 0 radical (unpaired) electrons. The summed E-state index contributed by atoms with van der Waals surface area (Å²) >= 11 is 7.28. The SMILES string of the molecule is CCCC[P+](CCCC)(CCCC)CCCC.CCCC[P+](CCCC)(CCCC)CCCC.CCCC[P+](CCCC)(CCCC)CCCC.[O-]P([O-])(=S)[S-]. The lowest BCUT2D eigenvalue weighted by atomic mass is 10.4. The predicted molar refractivity (Wildman–Crippen MR) is 280 cm³/mol. The van der Waals surface area contributed by atoms with Gasteiger partial charge in [0.2, 0.25) is 0 Å². The first-order chi connectivity index (χ1) is 26.7. The number of hydrogen-bond acceptors (Lipinski definition) is 4. The Bertz CT molecular complexity index is 589. The molecule has 56 heavy (non-hydrogen) atoms. The monoisotopic (exact) mass is 905 g/mol. The van der Waals surface area contributed by atoms with Crippen LogP contribution in [0.4, 0.5) is 0 Å². The van der Waals surface area contributed by atoms with Crippen molar-refractivity contribution in [3.63, 3.8) is 0 Å². The predicted octanol–water partition coefficient (Wildman–Crippen LogP) is 17.1. The van der Waals surface area contributed by atoms with Crippen LogP contribution in [0.25, 0.3) is 0 Å². The van der Waals surface area contributed by atoms with Crippen LogP contribution in [0.5, 0.6) is 0 Å². The van der Waals surface area contributed by atoms with E-state index in [4.69, 9.17) is 0 Å². The van der Waals surface area contributed by atoms with Gasteiger partial charge < -0.3 is 27.7 Å². The summed E-state index contributed by atoms with van der Waals surface area (Å²) < 4.78 is 0. The Hall–Kier alpha value is 2.21. The highest BCUT2D eigenvalue weighted by Gasteiger charge is 2.36. The summed E-state index contributed by atoms with van der Waals surface area (Å²) in [5.74, 6) is 0. The van der Waals surface area contributed by atoms with Crippen LogP contribution in [0.1, 0.15) is 237 Å². The topological polar surface area (TPSA) is 46.1 Å². The second kappa shape index (κ2) is 46.7. The van der Waals surface area contributed by atoms with E-state index in [1.165, 1.54) is 154 Å². The van der Waals surface area contributed by atoms with E-state index in [2.05, 4.69) is 107 Å². The Morgan fingerprint density at radius 2 is 0.357 bits per heavy atom. The highest BCUT2D eigenvalue weighted by atomic mass is 32.9. The number of unbranched alkanes of at least 4 members (excludes halogenated alkanes) is 12. The summed E-state index contributed by atoms with van der Waals surface area (Å²) in [5, 5.41) is 0. The van der Waals surface area contributed by atoms with Crippen molar-refractivity contribution in [1.82, 2.24) is 0 Å². The van der Waals surface area contributed by atoms with Gasteiger partial charge in [0.25, 0.3) is 0 Å². The Balaban J connectivity index is -0.000000340. The second-order valence-corrected chi connectivity index (χ2v) is 35.3. The summed E-state index contributed by atoms with van der Waals surface area (Å²) in [6.07, 6.45) is 53.8. The first kappa shape index (κ1) is 64.8. The van der Waals surface area contributed by atoms with E-state index >= 15 is 0 Å². The fraction of sp³-hybridized carbons (Fsp3) is 1.00. The van der Waals surface area contributed by atoms with E-state index < -0.39 is 27.5 Å². The van der Waals surface area contributed by atoms with E-state index in [-0.39, 0.29) is 0 Å². The third kappa shape index (κ3) is 44.3. The summed E-state index contributed by atoms with van der Waals surface area (Å²) in [7, 11) is -1.69. The number of hydrogen-bond donors (Lipinski definition) is 0. The van der Waals surface area contributed by atoms with Crippen LogP contribution in [0.15, 0.2) is 0 Å². The van der Waals surface area contributed by atoms with Crippen LogP contribution in [0, 0.1) is 0 Å². The molecular weight excluding hydrogens is 797 g/mol. The largest absolute Gasteiger partial charge is 0.850 e. The van der Waals surface area contributed by atoms with Crippen molar-refractivity contribution in [2.45, 2.75) is 237 Å². The molecule has 0 saturated carbocycles. The zero-order valence-electron chi connectivity index (χ0n) is 40.9. The average Bonchev–Trinajstić information content (AvgIpc) is 3.19. The van der Waals surface area contributed by atoms with Crippen LogP contribution < -0.4 is 9.79 Å². The standard InChI is InChI=1S/3C16H36P.H3O2PS2/c3*1-5-9-13-17(14-10-6-2,15-11-7-3)16-12-8-4;1-3(2,4)5/h3*5-16H2,1-4H3;(H3,1,2,4,5)/q3*+1;/p-3. The van der Waals surface area contributed by atoms with Crippen molar-refractivity contribution in [2.75, 3.05) is 73.9 Å². The summed E-state index contributed by atoms with van der Waals surface area (Å²) in [6.45, 7) is 28.3.